The third-order valence-electron chi connectivity index (χ3n) is 3.08. The van der Waals surface area contributed by atoms with Gasteiger partial charge in [-0.1, -0.05) is 11.6 Å². The normalized spacial score (nSPS) is 11.2. The highest BCUT2D eigenvalue weighted by Crippen LogP contribution is 2.22. The van der Waals surface area contributed by atoms with Gasteiger partial charge < -0.3 is 10.6 Å². The number of anilines is 1. The van der Waals surface area contributed by atoms with Crippen LogP contribution in [-0.2, 0) is 4.79 Å². The van der Waals surface area contributed by atoms with E-state index < -0.39 is 29.0 Å². The molecule has 0 unspecified atom stereocenters. The molecule has 6 nitrogen and oxygen atoms in total. The molecule has 138 valence electrons. The van der Waals surface area contributed by atoms with E-state index in [1.54, 1.807) is 27.7 Å². The van der Waals surface area contributed by atoms with Crippen LogP contribution in [0.15, 0.2) is 18.2 Å². The Bertz CT molecular complexity index is 890. The number of benzene rings is 1. The fourth-order valence-electron chi connectivity index (χ4n) is 1.96. The van der Waals surface area contributed by atoms with E-state index in [4.69, 9.17) is 11.6 Å². The van der Waals surface area contributed by atoms with Crippen molar-refractivity contribution in [1.82, 2.24) is 10.3 Å². The van der Waals surface area contributed by atoms with Crippen LogP contribution in [0.5, 0.6) is 0 Å². The zero-order chi connectivity index (χ0) is 19.6. The van der Waals surface area contributed by atoms with Crippen molar-refractivity contribution < 1.29 is 18.8 Å². The molecule has 0 saturated carbocycles. The highest BCUT2D eigenvalue weighted by Gasteiger charge is 2.26. The van der Waals surface area contributed by atoms with Gasteiger partial charge in [0, 0.05) is 16.1 Å². The van der Waals surface area contributed by atoms with Gasteiger partial charge in [0.2, 0.25) is 0 Å². The number of halogens is 2. The number of nitrogens with zero attached hydrogens (tertiary/aromatic N) is 1. The van der Waals surface area contributed by atoms with Crippen LogP contribution >= 0.6 is 22.9 Å². The van der Waals surface area contributed by atoms with Gasteiger partial charge in [-0.05, 0) is 45.9 Å². The third-order valence-corrected chi connectivity index (χ3v) is 4.34. The number of Topliss-reactive ketones (excluding diaryl/α,β-unsaturated/α-hetero) is 1. The standard InChI is InChI=1S/C17H17ClFN3O3S/c1-8-12(14(24)20-9-5-6-11(19)10(18)7-9)21-16(26-8)13(23)15(25)22-17(2,3)4/h5-7H,1-4H3,(H,20,24)(H,22,25). The summed E-state index contributed by atoms with van der Waals surface area (Å²) in [4.78, 5) is 41.0. The van der Waals surface area contributed by atoms with Gasteiger partial charge in [-0.3, -0.25) is 14.4 Å². The van der Waals surface area contributed by atoms with Crippen molar-refractivity contribution >= 4 is 46.2 Å². The Kier molecular flexibility index (Phi) is 5.77. The van der Waals surface area contributed by atoms with Crippen LogP contribution in [0, 0.1) is 12.7 Å². The Morgan fingerprint density at radius 2 is 1.88 bits per heavy atom. The van der Waals surface area contributed by atoms with Crippen molar-refractivity contribution in [2.75, 3.05) is 5.32 Å². The van der Waals surface area contributed by atoms with Gasteiger partial charge >= 0.3 is 0 Å². The number of carbonyl (C=O) groups excluding carboxylic acids is 3. The van der Waals surface area contributed by atoms with E-state index in [0.29, 0.717) is 4.88 Å². The lowest BCUT2D eigenvalue weighted by Gasteiger charge is -2.19. The first-order chi connectivity index (χ1) is 12.0. The van der Waals surface area contributed by atoms with Crippen LogP contribution in [0.2, 0.25) is 5.02 Å². The van der Waals surface area contributed by atoms with Crippen molar-refractivity contribution in [3.63, 3.8) is 0 Å². The van der Waals surface area contributed by atoms with Gasteiger partial charge in [-0.2, -0.15) is 0 Å². The molecular formula is C17H17ClFN3O3S. The summed E-state index contributed by atoms with van der Waals surface area (Å²) in [5, 5.41) is 4.87. The molecule has 2 aromatic rings. The molecule has 0 aliphatic heterocycles. The number of aryl methyl sites for hydroxylation is 1. The van der Waals surface area contributed by atoms with Gasteiger partial charge in [-0.15, -0.1) is 11.3 Å². The molecule has 0 radical (unpaired) electrons. The van der Waals surface area contributed by atoms with E-state index in [-0.39, 0.29) is 21.4 Å². The van der Waals surface area contributed by atoms with E-state index in [1.165, 1.54) is 12.1 Å². The number of amides is 2. The minimum absolute atomic E-state index is 0.0161. The summed E-state index contributed by atoms with van der Waals surface area (Å²) < 4.78 is 13.2. The van der Waals surface area contributed by atoms with E-state index in [9.17, 15) is 18.8 Å². The third kappa shape index (κ3) is 4.86. The average molecular weight is 398 g/mol. The Labute approximate surface area is 158 Å². The zero-order valence-electron chi connectivity index (χ0n) is 14.6. The molecule has 0 atom stereocenters. The highest BCUT2D eigenvalue weighted by atomic mass is 35.5. The lowest BCUT2D eigenvalue weighted by Crippen LogP contribution is -2.44. The number of aromatic nitrogens is 1. The molecule has 26 heavy (non-hydrogen) atoms. The lowest BCUT2D eigenvalue weighted by molar-refractivity contribution is -0.118. The molecule has 0 aliphatic carbocycles. The smallest absolute Gasteiger partial charge is 0.295 e. The van der Waals surface area contributed by atoms with Crippen molar-refractivity contribution in [3.05, 3.63) is 44.6 Å². The van der Waals surface area contributed by atoms with Crippen LogP contribution in [0.4, 0.5) is 10.1 Å². The first-order valence-corrected chi connectivity index (χ1v) is 8.78. The largest absolute Gasteiger partial charge is 0.345 e. The number of thiazole rings is 1. The predicted octanol–water partition coefficient (Wildman–Crippen LogP) is 3.59. The molecule has 1 aromatic carbocycles. The summed E-state index contributed by atoms with van der Waals surface area (Å²) in [7, 11) is 0. The number of ketones is 1. The van der Waals surface area contributed by atoms with Gasteiger partial charge in [0.1, 0.15) is 11.5 Å². The SMILES string of the molecule is Cc1sc(C(=O)C(=O)NC(C)(C)C)nc1C(=O)Nc1ccc(F)c(Cl)c1. The summed E-state index contributed by atoms with van der Waals surface area (Å²) >= 11 is 6.63. The summed E-state index contributed by atoms with van der Waals surface area (Å²) in [6.07, 6.45) is 0. The monoisotopic (exact) mass is 397 g/mol. The maximum Gasteiger partial charge on any atom is 0.295 e. The molecular weight excluding hydrogens is 381 g/mol. The second kappa shape index (κ2) is 7.51. The minimum atomic E-state index is -0.808. The second-order valence-electron chi connectivity index (χ2n) is 6.54. The number of carbonyl (C=O) groups is 3. The molecule has 2 rings (SSSR count). The minimum Gasteiger partial charge on any atom is -0.345 e. The quantitative estimate of drug-likeness (QED) is 0.609. The first kappa shape index (κ1) is 20.0. The Morgan fingerprint density at radius 3 is 2.46 bits per heavy atom. The molecule has 0 fully saturated rings. The number of nitrogens with one attached hydrogen (secondary N) is 2. The topological polar surface area (TPSA) is 88.2 Å². The van der Waals surface area contributed by atoms with Crippen molar-refractivity contribution in [3.8, 4) is 0 Å². The second-order valence-corrected chi connectivity index (χ2v) is 8.15. The molecule has 2 amide bonds. The van der Waals surface area contributed by atoms with Crippen molar-refractivity contribution in [2.24, 2.45) is 0 Å². The molecule has 0 bridgehead atoms. The van der Waals surface area contributed by atoms with Crippen LogP contribution in [0.1, 0.15) is 45.9 Å². The fourth-order valence-corrected chi connectivity index (χ4v) is 2.99. The van der Waals surface area contributed by atoms with Crippen molar-refractivity contribution in [2.45, 2.75) is 33.2 Å². The maximum absolute atomic E-state index is 13.2. The fraction of sp³-hybridized carbons (Fsp3) is 0.294. The summed E-state index contributed by atoms with van der Waals surface area (Å²) in [5.41, 5.74) is -0.268. The predicted molar refractivity (Wildman–Crippen MR) is 98.4 cm³/mol. The van der Waals surface area contributed by atoms with E-state index >= 15 is 0 Å². The molecule has 9 heteroatoms. The number of hydrogen-bond acceptors (Lipinski definition) is 5. The Morgan fingerprint density at radius 1 is 1.23 bits per heavy atom. The van der Waals surface area contributed by atoms with Crippen LogP contribution in [0.3, 0.4) is 0 Å². The van der Waals surface area contributed by atoms with Crippen LogP contribution in [-0.4, -0.2) is 28.1 Å². The Hall–Kier alpha value is -2.32. The number of hydrogen-bond donors (Lipinski definition) is 2. The molecule has 2 N–H and O–H groups in total. The van der Waals surface area contributed by atoms with Gasteiger partial charge in [-0.25, -0.2) is 9.37 Å². The van der Waals surface area contributed by atoms with E-state index in [0.717, 1.165) is 17.4 Å². The number of rotatable bonds is 4. The van der Waals surface area contributed by atoms with E-state index in [1.807, 2.05) is 0 Å². The lowest BCUT2D eigenvalue weighted by atomic mass is 10.1. The zero-order valence-corrected chi connectivity index (χ0v) is 16.1. The first-order valence-electron chi connectivity index (χ1n) is 7.58. The van der Waals surface area contributed by atoms with E-state index in [2.05, 4.69) is 15.6 Å². The summed E-state index contributed by atoms with van der Waals surface area (Å²) in [6, 6.07) is 3.74. The van der Waals surface area contributed by atoms with Crippen molar-refractivity contribution in [1.29, 1.82) is 0 Å². The van der Waals surface area contributed by atoms with Gasteiger partial charge in [0.15, 0.2) is 5.01 Å². The summed E-state index contributed by atoms with van der Waals surface area (Å²) in [5.74, 6) is -2.79. The molecule has 1 aromatic heterocycles. The summed E-state index contributed by atoms with van der Waals surface area (Å²) in [6.45, 7) is 6.86. The molecule has 0 aliphatic rings. The highest BCUT2D eigenvalue weighted by molar-refractivity contribution is 7.14. The molecule has 1 heterocycles. The molecule has 0 saturated heterocycles. The average Bonchev–Trinajstić information content (AvgIpc) is 2.90. The van der Waals surface area contributed by atoms with Crippen LogP contribution in [0.25, 0.3) is 0 Å². The van der Waals surface area contributed by atoms with Crippen LogP contribution < -0.4 is 10.6 Å². The maximum atomic E-state index is 13.2. The Balaban J connectivity index is 2.18. The van der Waals surface area contributed by atoms with Gasteiger partial charge in [0.05, 0.1) is 5.02 Å². The molecule has 0 spiro atoms. The van der Waals surface area contributed by atoms with Gasteiger partial charge in [0.25, 0.3) is 17.6 Å².